The Morgan fingerprint density at radius 1 is 1.15 bits per heavy atom. The highest BCUT2D eigenvalue weighted by atomic mass is 16.2. The van der Waals surface area contributed by atoms with E-state index in [2.05, 4.69) is 26.9 Å². The molecule has 0 aromatic carbocycles. The topological polar surface area (TPSA) is 36.4 Å². The lowest BCUT2D eigenvalue weighted by atomic mass is 9.96. The van der Waals surface area contributed by atoms with E-state index in [-0.39, 0.29) is 5.92 Å². The van der Waals surface area contributed by atoms with E-state index in [1.54, 1.807) is 0 Å². The Morgan fingerprint density at radius 2 is 1.90 bits per heavy atom. The maximum Gasteiger partial charge on any atom is 0.226 e. The molecule has 3 heterocycles. The molecule has 0 aliphatic carbocycles. The van der Waals surface area contributed by atoms with Gasteiger partial charge < -0.3 is 4.90 Å². The first-order chi connectivity index (χ1) is 9.83. The number of aromatic nitrogens is 1. The fourth-order valence-electron chi connectivity index (χ4n) is 3.34. The number of amides is 1. The van der Waals surface area contributed by atoms with Crippen LogP contribution in [0.4, 0.5) is 0 Å². The van der Waals surface area contributed by atoms with E-state index in [0.29, 0.717) is 5.91 Å². The van der Waals surface area contributed by atoms with Gasteiger partial charge in [-0.2, -0.15) is 0 Å². The van der Waals surface area contributed by atoms with Gasteiger partial charge in [-0.05, 0) is 49.9 Å². The van der Waals surface area contributed by atoms with Crippen molar-refractivity contribution in [3.05, 3.63) is 30.1 Å². The quantitative estimate of drug-likeness (QED) is 0.844. The van der Waals surface area contributed by atoms with Crippen LogP contribution >= 0.6 is 0 Å². The molecule has 1 amide bonds. The summed E-state index contributed by atoms with van der Waals surface area (Å²) in [4.78, 5) is 21.0. The fraction of sp³-hybridized carbons (Fsp3) is 0.625. The first kappa shape index (κ1) is 13.6. The van der Waals surface area contributed by atoms with E-state index in [0.717, 1.165) is 45.6 Å². The van der Waals surface area contributed by atoms with Gasteiger partial charge in [0.2, 0.25) is 5.91 Å². The molecule has 108 valence electrons. The summed E-state index contributed by atoms with van der Waals surface area (Å²) in [6, 6.07) is 4.12. The second-order valence-electron chi connectivity index (χ2n) is 5.96. The van der Waals surface area contributed by atoms with Crippen LogP contribution in [0.3, 0.4) is 0 Å². The van der Waals surface area contributed by atoms with Crippen molar-refractivity contribution in [2.24, 2.45) is 5.92 Å². The molecule has 0 unspecified atom stereocenters. The van der Waals surface area contributed by atoms with Gasteiger partial charge in [-0.15, -0.1) is 0 Å². The zero-order valence-corrected chi connectivity index (χ0v) is 12.0. The molecule has 2 aliphatic heterocycles. The van der Waals surface area contributed by atoms with Crippen molar-refractivity contribution < 1.29 is 4.79 Å². The number of likely N-dealkylation sites (tertiary alicyclic amines) is 2. The van der Waals surface area contributed by atoms with Crippen LogP contribution in [0.1, 0.15) is 31.2 Å². The van der Waals surface area contributed by atoms with Crippen molar-refractivity contribution in [1.82, 2.24) is 14.8 Å². The third-order valence-electron chi connectivity index (χ3n) is 4.43. The van der Waals surface area contributed by atoms with Crippen LogP contribution in [-0.2, 0) is 11.3 Å². The molecule has 1 aromatic rings. The lowest BCUT2D eigenvalue weighted by Crippen LogP contribution is -2.43. The molecular weight excluding hydrogens is 250 g/mol. The van der Waals surface area contributed by atoms with Gasteiger partial charge in [-0.3, -0.25) is 14.7 Å². The van der Waals surface area contributed by atoms with Crippen LogP contribution in [-0.4, -0.2) is 46.9 Å². The van der Waals surface area contributed by atoms with Gasteiger partial charge in [0.05, 0.1) is 5.92 Å². The van der Waals surface area contributed by atoms with Crippen molar-refractivity contribution in [2.45, 2.75) is 32.2 Å². The third-order valence-corrected chi connectivity index (χ3v) is 4.43. The number of nitrogens with zero attached hydrogens (tertiary/aromatic N) is 3. The summed E-state index contributed by atoms with van der Waals surface area (Å²) in [7, 11) is 0. The first-order valence-electron chi connectivity index (χ1n) is 7.73. The van der Waals surface area contributed by atoms with Gasteiger partial charge in [0.1, 0.15) is 0 Å². The van der Waals surface area contributed by atoms with Gasteiger partial charge in [0, 0.05) is 38.6 Å². The Kier molecular flexibility index (Phi) is 4.31. The average molecular weight is 273 g/mol. The Bertz CT molecular complexity index is 442. The smallest absolute Gasteiger partial charge is 0.226 e. The van der Waals surface area contributed by atoms with Gasteiger partial charge in [-0.1, -0.05) is 0 Å². The number of pyridine rings is 1. The van der Waals surface area contributed by atoms with E-state index in [1.165, 1.54) is 18.4 Å². The van der Waals surface area contributed by atoms with Gasteiger partial charge in [0.15, 0.2) is 0 Å². The van der Waals surface area contributed by atoms with Crippen LogP contribution in [0.5, 0.6) is 0 Å². The van der Waals surface area contributed by atoms with Crippen molar-refractivity contribution in [3.63, 3.8) is 0 Å². The monoisotopic (exact) mass is 273 g/mol. The number of hydrogen-bond acceptors (Lipinski definition) is 3. The zero-order valence-electron chi connectivity index (χ0n) is 12.0. The van der Waals surface area contributed by atoms with Crippen LogP contribution in [0.25, 0.3) is 0 Å². The van der Waals surface area contributed by atoms with Crippen LogP contribution in [0.2, 0.25) is 0 Å². The summed E-state index contributed by atoms with van der Waals surface area (Å²) in [5.74, 6) is 0.602. The normalized spacial score (nSPS) is 24.0. The molecule has 2 aliphatic rings. The molecule has 1 aromatic heterocycles. The Labute approximate surface area is 120 Å². The lowest BCUT2D eigenvalue weighted by molar-refractivity contribution is -0.136. The molecule has 2 fully saturated rings. The molecule has 2 saturated heterocycles. The van der Waals surface area contributed by atoms with E-state index in [1.807, 2.05) is 12.4 Å². The largest absolute Gasteiger partial charge is 0.342 e. The highest BCUT2D eigenvalue weighted by Crippen LogP contribution is 2.22. The molecule has 20 heavy (non-hydrogen) atoms. The van der Waals surface area contributed by atoms with Crippen molar-refractivity contribution in [2.75, 3.05) is 26.2 Å². The first-order valence-corrected chi connectivity index (χ1v) is 7.73. The second kappa shape index (κ2) is 6.35. The highest BCUT2D eigenvalue weighted by molar-refractivity contribution is 5.79. The van der Waals surface area contributed by atoms with E-state index in [4.69, 9.17) is 0 Å². The number of carbonyl (C=O) groups is 1. The second-order valence-corrected chi connectivity index (χ2v) is 5.96. The summed E-state index contributed by atoms with van der Waals surface area (Å²) >= 11 is 0. The number of rotatable bonds is 3. The number of hydrogen-bond donors (Lipinski definition) is 0. The van der Waals surface area contributed by atoms with Gasteiger partial charge in [0.25, 0.3) is 0 Å². The zero-order chi connectivity index (χ0) is 13.8. The average Bonchev–Trinajstić information content (AvgIpc) is 3.02. The minimum atomic E-state index is 0.212. The minimum Gasteiger partial charge on any atom is -0.342 e. The standard InChI is InChI=1S/C16H23N3O/c20-16(19-10-1-2-11-19)15-4-3-9-18(13-15)12-14-5-7-17-8-6-14/h5-8,15H,1-4,9-13H2/t15-/m0/s1. The molecule has 1 atom stereocenters. The highest BCUT2D eigenvalue weighted by Gasteiger charge is 2.30. The maximum atomic E-state index is 12.5. The molecule has 0 N–H and O–H groups in total. The molecule has 4 heteroatoms. The summed E-state index contributed by atoms with van der Waals surface area (Å²) in [6.07, 6.45) is 8.23. The van der Waals surface area contributed by atoms with Gasteiger partial charge in [-0.25, -0.2) is 0 Å². The molecule has 0 spiro atoms. The number of piperidine rings is 1. The predicted molar refractivity (Wildman–Crippen MR) is 78.1 cm³/mol. The molecular formula is C16H23N3O. The molecule has 0 saturated carbocycles. The summed E-state index contributed by atoms with van der Waals surface area (Å²) < 4.78 is 0. The van der Waals surface area contributed by atoms with E-state index in [9.17, 15) is 4.79 Å². The Morgan fingerprint density at radius 3 is 2.65 bits per heavy atom. The van der Waals surface area contributed by atoms with Crippen molar-refractivity contribution >= 4 is 5.91 Å². The van der Waals surface area contributed by atoms with Crippen molar-refractivity contribution in [1.29, 1.82) is 0 Å². The fourth-order valence-corrected chi connectivity index (χ4v) is 3.34. The third kappa shape index (κ3) is 3.18. The predicted octanol–water partition coefficient (Wildman–Crippen LogP) is 1.92. The summed E-state index contributed by atoms with van der Waals surface area (Å²) in [5, 5.41) is 0. The summed E-state index contributed by atoms with van der Waals surface area (Å²) in [6.45, 7) is 4.90. The van der Waals surface area contributed by atoms with Crippen molar-refractivity contribution in [3.8, 4) is 0 Å². The van der Waals surface area contributed by atoms with Crippen LogP contribution < -0.4 is 0 Å². The Hall–Kier alpha value is -1.42. The van der Waals surface area contributed by atoms with E-state index < -0.39 is 0 Å². The SMILES string of the molecule is O=C([C@H]1CCCN(Cc2ccncc2)C1)N1CCCC1. The van der Waals surface area contributed by atoms with E-state index >= 15 is 0 Å². The molecule has 0 bridgehead atoms. The van der Waals surface area contributed by atoms with Gasteiger partial charge >= 0.3 is 0 Å². The number of carbonyl (C=O) groups excluding carboxylic acids is 1. The maximum absolute atomic E-state index is 12.5. The Balaban J connectivity index is 1.57. The molecule has 4 nitrogen and oxygen atoms in total. The minimum absolute atomic E-state index is 0.212. The van der Waals surface area contributed by atoms with Crippen LogP contribution in [0, 0.1) is 5.92 Å². The summed E-state index contributed by atoms with van der Waals surface area (Å²) in [5.41, 5.74) is 1.29. The molecule has 3 rings (SSSR count). The molecule has 0 radical (unpaired) electrons. The lowest BCUT2D eigenvalue weighted by Gasteiger charge is -2.33. The van der Waals surface area contributed by atoms with Crippen LogP contribution in [0.15, 0.2) is 24.5 Å².